The average molecular weight is 265 g/mol. The lowest BCUT2D eigenvalue weighted by atomic mass is 10.1. The highest BCUT2D eigenvalue weighted by molar-refractivity contribution is 6.33. The second kappa shape index (κ2) is 5.01. The van der Waals surface area contributed by atoms with Crippen molar-refractivity contribution in [2.24, 2.45) is 0 Å². The fourth-order valence-corrected chi connectivity index (χ4v) is 1.71. The predicted octanol–water partition coefficient (Wildman–Crippen LogP) is 2.50. The molecule has 0 radical (unpaired) electrons. The molecule has 0 aliphatic carbocycles. The predicted molar refractivity (Wildman–Crippen MR) is 66.0 cm³/mol. The molecule has 1 heterocycles. The molecule has 5 nitrogen and oxygen atoms in total. The first-order valence-corrected chi connectivity index (χ1v) is 5.39. The van der Waals surface area contributed by atoms with Crippen molar-refractivity contribution < 1.29 is 14.6 Å². The summed E-state index contributed by atoms with van der Waals surface area (Å²) in [5.74, 6) is -0.738. The number of halogens is 1. The van der Waals surface area contributed by atoms with Crippen LogP contribution in [0.15, 0.2) is 30.6 Å². The molecule has 1 N–H and O–H groups in total. The second-order valence-electron chi connectivity index (χ2n) is 3.41. The van der Waals surface area contributed by atoms with Crippen LogP contribution >= 0.6 is 11.6 Å². The fourth-order valence-electron chi connectivity index (χ4n) is 1.50. The van der Waals surface area contributed by atoms with E-state index in [1.807, 2.05) is 0 Å². The number of rotatable bonds is 3. The maximum atomic E-state index is 10.9. The van der Waals surface area contributed by atoms with Crippen LogP contribution in [0.3, 0.4) is 0 Å². The maximum Gasteiger partial charge on any atom is 0.335 e. The van der Waals surface area contributed by atoms with Crippen LogP contribution in [0.1, 0.15) is 10.4 Å². The van der Waals surface area contributed by atoms with Crippen molar-refractivity contribution in [3.8, 4) is 17.1 Å². The van der Waals surface area contributed by atoms with Gasteiger partial charge in [0.1, 0.15) is 5.69 Å². The van der Waals surface area contributed by atoms with E-state index in [1.54, 1.807) is 0 Å². The van der Waals surface area contributed by atoms with E-state index >= 15 is 0 Å². The van der Waals surface area contributed by atoms with Crippen molar-refractivity contribution >= 4 is 17.6 Å². The molecule has 0 bridgehead atoms. The molecule has 0 saturated carbocycles. The van der Waals surface area contributed by atoms with Crippen molar-refractivity contribution in [1.82, 2.24) is 9.97 Å². The van der Waals surface area contributed by atoms with Crippen LogP contribution < -0.4 is 4.74 Å². The highest BCUT2D eigenvalue weighted by atomic mass is 35.5. The Kier molecular flexibility index (Phi) is 3.43. The third-order valence-electron chi connectivity index (χ3n) is 2.33. The maximum absolute atomic E-state index is 10.9. The van der Waals surface area contributed by atoms with Gasteiger partial charge in [-0.2, -0.15) is 0 Å². The minimum Gasteiger partial charge on any atom is -0.479 e. The van der Waals surface area contributed by atoms with Crippen LogP contribution in [0.4, 0.5) is 0 Å². The first kappa shape index (κ1) is 12.3. The molecule has 92 valence electrons. The topological polar surface area (TPSA) is 72.3 Å². The van der Waals surface area contributed by atoms with Gasteiger partial charge in [0.05, 0.1) is 17.7 Å². The SMILES string of the molecule is COc1nccnc1-c1cc(C(=O)O)ccc1Cl. The standard InChI is InChI=1S/C12H9ClN2O3/c1-18-11-10(14-4-5-15-11)8-6-7(12(16)17)2-3-9(8)13/h2-6H,1H3,(H,16,17). The van der Waals surface area contributed by atoms with Gasteiger partial charge in [0, 0.05) is 18.0 Å². The van der Waals surface area contributed by atoms with Crippen molar-refractivity contribution in [3.05, 3.63) is 41.2 Å². The molecular formula is C12H9ClN2O3. The molecule has 2 aromatic rings. The van der Waals surface area contributed by atoms with Gasteiger partial charge in [0.15, 0.2) is 0 Å². The molecular weight excluding hydrogens is 256 g/mol. The summed E-state index contributed by atoms with van der Waals surface area (Å²) in [6, 6.07) is 4.38. The molecule has 0 atom stereocenters. The largest absolute Gasteiger partial charge is 0.479 e. The summed E-state index contributed by atoms with van der Waals surface area (Å²) in [7, 11) is 1.46. The minimum atomic E-state index is -1.03. The van der Waals surface area contributed by atoms with Crippen molar-refractivity contribution in [2.45, 2.75) is 0 Å². The second-order valence-corrected chi connectivity index (χ2v) is 3.82. The Bertz CT molecular complexity index is 602. The number of ether oxygens (including phenoxy) is 1. The molecule has 1 aromatic heterocycles. The highest BCUT2D eigenvalue weighted by Crippen LogP contribution is 2.32. The Morgan fingerprint density at radius 3 is 2.72 bits per heavy atom. The van der Waals surface area contributed by atoms with E-state index in [4.69, 9.17) is 21.4 Å². The van der Waals surface area contributed by atoms with Crippen LogP contribution in [-0.4, -0.2) is 28.2 Å². The van der Waals surface area contributed by atoms with Gasteiger partial charge in [0.25, 0.3) is 0 Å². The van der Waals surface area contributed by atoms with E-state index < -0.39 is 5.97 Å². The van der Waals surface area contributed by atoms with E-state index in [1.165, 1.54) is 37.7 Å². The van der Waals surface area contributed by atoms with Gasteiger partial charge < -0.3 is 9.84 Å². The van der Waals surface area contributed by atoms with Crippen LogP contribution in [-0.2, 0) is 0 Å². The van der Waals surface area contributed by atoms with Gasteiger partial charge in [-0.25, -0.2) is 14.8 Å². The Hall–Kier alpha value is -2.14. The zero-order chi connectivity index (χ0) is 13.1. The molecule has 0 aliphatic heterocycles. The number of carbonyl (C=O) groups is 1. The monoisotopic (exact) mass is 264 g/mol. The summed E-state index contributed by atoms with van der Waals surface area (Å²) in [4.78, 5) is 19.1. The first-order valence-electron chi connectivity index (χ1n) is 5.01. The Morgan fingerprint density at radius 2 is 2.06 bits per heavy atom. The number of benzene rings is 1. The van der Waals surface area contributed by atoms with Gasteiger partial charge in [0.2, 0.25) is 5.88 Å². The lowest BCUT2D eigenvalue weighted by Gasteiger charge is -2.08. The number of carboxylic acid groups (broad SMARTS) is 1. The van der Waals surface area contributed by atoms with Crippen molar-refractivity contribution in [2.75, 3.05) is 7.11 Å². The molecule has 0 unspecified atom stereocenters. The molecule has 0 spiro atoms. The van der Waals surface area contributed by atoms with Crippen LogP contribution in [0.25, 0.3) is 11.3 Å². The quantitative estimate of drug-likeness (QED) is 0.922. The highest BCUT2D eigenvalue weighted by Gasteiger charge is 2.14. The average Bonchev–Trinajstić information content (AvgIpc) is 2.39. The summed E-state index contributed by atoms with van der Waals surface area (Å²) in [5, 5.41) is 9.35. The zero-order valence-electron chi connectivity index (χ0n) is 9.42. The molecule has 18 heavy (non-hydrogen) atoms. The van der Waals surface area contributed by atoms with Gasteiger partial charge in [-0.1, -0.05) is 11.6 Å². The van der Waals surface area contributed by atoms with E-state index in [0.717, 1.165) is 0 Å². The van der Waals surface area contributed by atoms with Crippen molar-refractivity contribution in [1.29, 1.82) is 0 Å². The smallest absolute Gasteiger partial charge is 0.335 e. The Labute approximate surface area is 108 Å². The Balaban J connectivity index is 2.62. The van der Waals surface area contributed by atoms with E-state index in [-0.39, 0.29) is 5.56 Å². The normalized spacial score (nSPS) is 10.1. The molecule has 0 saturated heterocycles. The number of nitrogens with zero attached hydrogens (tertiary/aromatic N) is 2. The third-order valence-corrected chi connectivity index (χ3v) is 2.66. The van der Waals surface area contributed by atoms with Crippen LogP contribution in [0, 0.1) is 0 Å². The molecule has 2 rings (SSSR count). The number of aromatic nitrogens is 2. The van der Waals surface area contributed by atoms with Gasteiger partial charge >= 0.3 is 5.97 Å². The van der Waals surface area contributed by atoms with E-state index in [2.05, 4.69) is 9.97 Å². The summed E-state index contributed by atoms with van der Waals surface area (Å²) < 4.78 is 5.08. The van der Waals surface area contributed by atoms with Crippen molar-refractivity contribution in [3.63, 3.8) is 0 Å². The first-order chi connectivity index (χ1) is 8.63. The summed E-state index contributed by atoms with van der Waals surface area (Å²) in [6.45, 7) is 0. The molecule has 0 fully saturated rings. The summed E-state index contributed by atoms with van der Waals surface area (Å²) in [5.41, 5.74) is 1.01. The van der Waals surface area contributed by atoms with Gasteiger partial charge in [-0.05, 0) is 18.2 Å². The Morgan fingerprint density at radius 1 is 1.33 bits per heavy atom. The number of methoxy groups -OCH3 is 1. The molecule has 0 amide bonds. The number of aromatic carboxylic acids is 1. The fraction of sp³-hybridized carbons (Fsp3) is 0.0833. The zero-order valence-corrected chi connectivity index (χ0v) is 10.2. The van der Waals surface area contributed by atoms with Gasteiger partial charge in [-0.15, -0.1) is 0 Å². The number of hydrogen-bond donors (Lipinski definition) is 1. The number of carboxylic acids is 1. The minimum absolute atomic E-state index is 0.127. The van der Waals surface area contributed by atoms with Crippen LogP contribution in [0.5, 0.6) is 5.88 Å². The number of hydrogen-bond acceptors (Lipinski definition) is 4. The van der Waals surface area contributed by atoms with Crippen LogP contribution in [0.2, 0.25) is 5.02 Å². The van der Waals surface area contributed by atoms with E-state index in [0.29, 0.717) is 22.2 Å². The molecule has 0 aliphatic rings. The summed E-state index contributed by atoms with van der Waals surface area (Å²) >= 11 is 6.05. The molecule has 6 heteroatoms. The lowest BCUT2D eigenvalue weighted by molar-refractivity contribution is 0.0697. The van der Waals surface area contributed by atoms with Gasteiger partial charge in [-0.3, -0.25) is 0 Å². The summed E-state index contributed by atoms with van der Waals surface area (Å²) in [6.07, 6.45) is 2.97. The third kappa shape index (κ3) is 2.26. The molecule has 1 aromatic carbocycles. The van der Waals surface area contributed by atoms with E-state index in [9.17, 15) is 4.79 Å². The lowest BCUT2D eigenvalue weighted by Crippen LogP contribution is -1.99.